The maximum atomic E-state index is 9.93. The van der Waals surface area contributed by atoms with Crippen LogP contribution in [0.2, 0.25) is 5.82 Å². The Balaban J connectivity index is 2.44. The SMILES string of the molecule is [B]C(C(O)[C@@H](CO)OCSC1OC(CO)C(O)CC1O)[C@H](C)O. The number of ether oxygens (including phenoxy) is 2. The summed E-state index contributed by atoms with van der Waals surface area (Å²) in [7, 11) is 5.61. The molecule has 1 rings (SSSR count). The van der Waals surface area contributed by atoms with E-state index in [-0.39, 0.29) is 19.0 Å². The van der Waals surface area contributed by atoms with Gasteiger partial charge in [0.05, 0.1) is 45.3 Å². The first-order chi connectivity index (χ1) is 10.8. The lowest BCUT2D eigenvalue weighted by Crippen LogP contribution is -2.47. The van der Waals surface area contributed by atoms with Crippen molar-refractivity contribution in [2.45, 2.75) is 61.2 Å². The molecule has 0 saturated carbocycles. The van der Waals surface area contributed by atoms with Gasteiger partial charge in [0.25, 0.3) is 0 Å². The molecular weight excluding hydrogens is 327 g/mol. The second-order valence-electron chi connectivity index (χ2n) is 5.58. The molecule has 23 heavy (non-hydrogen) atoms. The molecule has 0 spiro atoms. The van der Waals surface area contributed by atoms with Crippen LogP contribution in [0.1, 0.15) is 13.3 Å². The van der Waals surface area contributed by atoms with Crippen molar-refractivity contribution in [3.63, 3.8) is 0 Å². The molecule has 8 nitrogen and oxygen atoms in total. The standard InChI is InChI=1S/C13H25BO8S/c1-6(17)11(14)12(20)10(4-16)21-5-23-13-8(19)2-7(18)9(3-15)22-13/h6-13,15-20H,2-5H2,1H3/t6-,7?,8?,9?,10+,11?,12?,13?/m0/s1. The van der Waals surface area contributed by atoms with Crippen LogP contribution in [0.5, 0.6) is 0 Å². The monoisotopic (exact) mass is 352 g/mol. The summed E-state index contributed by atoms with van der Waals surface area (Å²) >= 11 is 1.07. The number of aliphatic hydroxyl groups excluding tert-OH is 6. The molecular formula is C13H25BO8S. The van der Waals surface area contributed by atoms with Gasteiger partial charge < -0.3 is 40.1 Å². The minimum atomic E-state index is -1.26. The largest absolute Gasteiger partial charge is 0.394 e. The van der Waals surface area contributed by atoms with Crippen LogP contribution in [0.25, 0.3) is 0 Å². The van der Waals surface area contributed by atoms with Gasteiger partial charge in [0.2, 0.25) is 0 Å². The number of hydrogen-bond acceptors (Lipinski definition) is 9. The summed E-state index contributed by atoms with van der Waals surface area (Å²) in [6.07, 6.45) is -5.80. The second kappa shape index (κ2) is 10.2. The van der Waals surface area contributed by atoms with Crippen LogP contribution in [0.4, 0.5) is 0 Å². The van der Waals surface area contributed by atoms with Crippen LogP contribution < -0.4 is 0 Å². The minimum Gasteiger partial charge on any atom is -0.394 e. The zero-order chi connectivity index (χ0) is 17.6. The number of thioether (sulfide) groups is 1. The lowest BCUT2D eigenvalue weighted by atomic mass is 9.76. The van der Waals surface area contributed by atoms with E-state index in [2.05, 4.69) is 0 Å². The van der Waals surface area contributed by atoms with Gasteiger partial charge in [0.1, 0.15) is 17.6 Å². The molecule has 1 heterocycles. The van der Waals surface area contributed by atoms with Gasteiger partial charge in [-0.15, -0.1) is 0 Å². The molecule has 2 radical (unpaired) electrons. The van der Waals surface area contributed by atoms with E-state index in [0.29, 0.717) is 0 Å². The predicted octanol–water partition coefficient (Wildman–Crippen LogP) is -2.42. The summed E-state index contributed by atoms with van der Waals surface area (Å²) in [6, 6.07) is 0. The van der Waals surface area contributed by atoms with Crippen molar-refractivity contribution in [1.29, 1.82) is 0 Å². The van der Waals surface area contributed by atoms with Crippen molar-refractivity contribution >= 4 is 19.6 Å². The van der Waals surface area contributed by atoms with E-state index in [0.717, 1.165) is 11.8 Å². The molecule has 1 fully saturated rings. The van der Waals surface area contributed by atoms with Gasteiger partial charge in [-0.25, -0.2) is 0 Å². The van der Waals surface area contributed by atoms with Gasteiger partial charge in [-0.2, -0.15) is 0 Å². The van der Waals surface area contributed by atoms with Crippen molar-refractivity contribution in [3.05, 3.63) is 0 Å². The number of rotatable bonds is 9. The first kappa shape index (κ1) is 21.1. The van der Waals surface area contributed by atoms with Crippen LogP contribution in [-0.2, 0) is 9.47 Å². The molecule has 0 aliphatic carbocycles. The third kappa shape index (κ3) is 6.15. The highest BCUT2D eigenvalue weighted by Crippen LogP contribution is 2.28. The van der Waals surface area contributed by atoms with E-state index in [4.69, 9.17) is 22.4 Å². The van der Waals surface area contributed by atoms with E-state index in [9.17, 15) is 25.5 Å². The zero-order valence-electron chi connectivity index (χ0n) is 12.9. The van der Waals surface area contributed by atoms with E-state index >= 15 is 0 Å². The minimum absolute atomic E-state index is 0.0230. The molecule has 0 amide bonds. The average Bonchev–Trinajstić information content (AvgIpc) is 2.51. The normalized spacial score (nSPS) is 33.9. The Morgan fingerprint density at radius 2 is 1.91 bits per heavy atom. The molecule has 134 valence electrons. The molecule has 10 heteroatoms. The highest BCUT2D eigenvalue weighted by atomic mass is 32.2. The van der Waals surface area contributed by atoms with Crippen LogP contribution in [0.3, 0.4) is 0 Å². The van der Waals surface area contributed by atoms with Crippen LogP contribution >= 0.6 is 11.8 Å². The smallest absolute Gasteiger partial charge is 0.131 e. The Bertz CT molecular complexity index is 335. The maximum absolute atomic E-state index is 9.93. The van der Waals surface area contributed by atoms with Gasteiger partial charge in [-0.1, -0.05) is 11.8 Å². The van der Waals surface area contributed by atoms with Crippen LogP contribution in [0.15, 0.2) is 0 Å². The van der Waals surface area contributed by atoms with Gasteiger partial charge in [-0.05, 0) is 12.7 Å². The lowest BCUT2D eigenvalue weighted by molar-refractivity contribution is -0.150. The molecule has 6 N–H and O–H groups in total. The summed E-state index contributed by atoms with van der Waals surface area (Å²) in [5, 5.41) is 57.1. The molecule has 6 unspecified atom stereocenters. The van der Waals surface area contributed by atoms with Gasteiger partial charge in [-0.3, -0.25) is 0 Å². The Morgan fingerprint density at radius 1 is 1.26 bits per heavy atom. The van der Waals surface area contributed by atoms with Gasteiger partial charge in [0.15, 0.2) is 0 Å². The molecule has 0 aromatic carbocycles. The number of aliphatic hydroxyl groups is 6. The van der Waals surface area contributed by atoms with E-state index in [1.807, 2.05) is 0 Å². The summed E-state index contributed by atoms with van der Waals surface area (Å²) < 4.78 is 10.7. The third-order valence-electron chi connectivity index (χ3n) is 3.74. The first-order valence-corrected chi connectivity index (χ1v) is 8.44. The quantitative estimate of drug-likeness (QED) is 0.198. The topological polar surface area (TPSA) is 140 Å². The highest BCUT2D eigenvalue weighted by molar-refractivity contribution is 7.99. The van der Waals surface area contributed by atoms with Crippen LogP contribution in [-0.4, -0.2) is 99.7 Å². The van der Waals surface area contributed by atoms with Crippen LogP contribution in [0, 0.1) is 0 Å². The predicted molar refractivity (Wildman–Crippen MR) is 84.0 cm³/mol. The number of hydrogen-bond donors (Lipinski definition) is 6. The van der Waals surface area contributed by atoms with Crippen molar-refractivity contribution in [3.8, 4) is 0 Å². The Kier molecular flexibility index (Phi) is 9.35. The maximum Gasteiger partial charge on any atom is 0.131 e. The van der Waals surface area contributed by atoms with E-state index < -0.39 is 54.5 Å². The molecule has 0 aromatic heterocycles. The van der Waals surface area contributed by atoms with Gasteiger partial charge in [0, 0.05) is 12.5 Å². The zero-order valence-corrected chi connectivity index (χ0v) is 13.7. The lowest BCUT2D eigenvalue weighted by Gasteiger charge is -2.36. The molecule has 8 atom stereocenters. The van der Waals surface area contributed by atoms with Crippen molar-refractivity contribution in [2.24, 2.45) is 0 Å². The van der Waals surface area contributed by atoms with Crippen molar-refractivity contribution < 1.29 is 40.1 Å². The molecule has 1 aliphatic heterocycles. The molecule has 0 bridgehead atoms. The average molecular weight is 352 g/mol. The molecule has 1 saturated heterocycles. The van der Waals surface area contributed by atoms with E-state index in [1.165, 1.54) is 6.92 Å². The Labute approximate surface area is 140 Å². The second-order valence-corrected chi connectivity index (χ2v) is 6.61. The van der Waals surface area contributed by atoms with E-state index in [1.54, 1.807) is 0 Å². The summed E-state index contributed by atoms with van der Waals surface area (Å²) in [6.45, 7) is 0.560. The molecule has 0 aromatic rings. The van der Waals surface area contributed by atoms with Crippen molar-refractivity contribution in [1.82, 2.24) is 0 Å². The summed E-state index contributed by atoms with van der Waals surface area (Å²) in [5.41, 5.74) is -0.711. The fraction of sp³-hybridized carbons (Fsp3) is 1.00. The first-order valence-electron chi connectivity index (χ1n) is 7.40. The Morgan fingerprint density at radius 3 is 2.43 bits per heavy atom. The fourth-order valence-electron chi connectivity index (χ4n) is 2.17. The molecule has 1 aliphatic rings. The summed E-state index contributed by atoms with van der Waals surface area (Å²) in [5.74, 6) is -0.993. The summed E-state index contributed by atoms with van der Waals surface area (Å²) in [4.78, 5) is 0. The Hall–Kier alpha value is 0.0949. The third-order valence-corrected chi connectivity index (χ3v) is 4.77. The van der Waals surface area contributed by atoms with Crippen molar-refractivity contribution in [2.75, 3.05) is 19.2 Å². The van der Waals surface area contributed by atoms with Gasteiger partial charge >= 0.3 is 0 Å². The fourth-order valence-corrected chi connectivity index (χ4v) is 3.11. The highest BCUT2D eigenvalue weighted by Gasteiger charge is 2.36.